The van der Waals surface area contributed by atoms with Crippen LogP contribution in [0.2, 0.25) is 5.02 Å². The number of fused-ring (bicyclic) bond motifs is 1. The number of benzene rings is 2. The Labute approximate surface area is 182 Å². The summed E-state index contributed by atoms with van der Waals surface area (Å²) in [4.78, 5) is 3.94. The zero-order chi connectivity index (χ0) is 21.1. The van der Waals surface area contributed by atoms with E-state index in [1.54, 1.807) is 11.6 Å². The van der Waals surface area contributed by atoms with E-state index in [0.717, 1.165) is 36.4 Å². The number of sulfonamides is 1. The molecule has 0 amide bonds. The number of hydrogen-bond acceptors (Lipinski definition) is 4. The molecule has 1 aliphatic rings. The zero-order valence-electron chi connectivity index (χ0n) is 16.8. The minimum absolute atomic E-state index is 0.0297. The van der Waals surface area contributed by atoms with Gasteiger partial charge in [0.25, 0.3) is 10.0 Å². The number of nitrogens with zero attached hydrogens (tertiary/aromatic N) is 2. The first-order chi connectivity index (χ1) is 14.4. The van der Waals surface area contributed by atoms with Gasteiger partial charge in [-0.25, -0.2) is 18.1 Å². The fourth-order valence-electron chi connectivity index (χ4n) is 3.79. The molecule has 158 valence electrons. The van der Waals surface area contributed by atoms with Crippen LogP contribution in [-0.4, -0.2) is 24.5 Å². The summed E-state index contributed by atoms with van der Waals surface area (Å²) in [5.41, 5.74) is 4.69. The van der Waals surface area contributed by atoms with Gasteiger partial charge in [0.05, 0.1) is 6.33 Å². The number of aromatic nitrogens is 2. The highest BCUT2D eigenvalue weighted by atomic mass is 35.5. The fraction of sp³-hybridized carbons (Fsp3) is 0.318. The number of imidazole rings is 1. The maximum atomic E-state index is 12.5. The number of halogens is 1. The molecule has 0 radical (unpaired) electrons. The summed E-state index contributed by atoms with van der Waals surface area (Å²) in [5.74, 6) is 0. The molecule has 1 atom stereocenters. The SMILES string of the molecule is Cn1cnc(S(=O)(=O)NCc2ccc3c(c2)C(Cc2ccc(Cl)cc2)NCCC3)c1. The van der Waals surface area contributed by atoms with E-state index >= 15 is 0 Å². The Hall–Kier alpha value is -2.19. The third kappa shape index (κ3) is 4.92. The molecule has 0 aliphatic carbocycles. The predicted molar refractivity (Wildman–Crippen MR) is 118 cm³/mol. The molecular weight excluding hydrogens is 420 g/mol. The third-order valence-electron chi connectivity index (χ3n) is 5.38. The van der Waals surface area contributed by atoms with E-state index < -0.39 is 10.0 Å². The Morgan fingerprint density at radius 1 is 1.20 bits per heavy atom. The van der Waals surface area contributed by atoms with Gasteiger partial charge in [0.1, 0.15) is 0 Å². The Bertz CT molecular complexity index is 1130. The van der Waals surface area contributed by atoms with Crippen LogP contribution in [0.4, 0.5) is 0 Å². The summed E-state index contributed by atoms with van der Waals surface area (Å²) in [6, 6.07) is 14.4. The molecule has 2 N–H and O–H groups in total. The second kappa shape index (κ2) is 8.89. The first-order valence-corrected chi connectivity index (χ1v) is 11.8. The van der Waals surface area contributed by atoms with E-state index in [1.165, 1.54) is 29.2 Å². The number of rotatable bonds is 6. The van der Waals surface area contributed by atoms with Crippen molar-refractivity contribution in [1.82, 2.24) is 19.6 Å². The quantitative estimate of drug-likeness (QED) is 0.611. The summed E-state index contributed by atoms with van der Waals surface area (Å²) in [7, 11) is -1.90. The van der Waals surface area contributed by atoms with Crippen molar-refractivity contribution in [2.45, 2.75) is 36.9 Å². The van der Waals surface area contributed by atoms with Gasteiger partial charge in [-0.05, 0) is 60.2 Å². The molecule has 0 saturated heterocycles. The average molecular weight is 445 g/mol. The normalized spacial score (nSPS) is 16.8. The van der Waals surface area contributed by atoms with Crippen LogP contribution in [0, 0.1) is 0 Å². The van der Waals surface area contributed by atoms with E-state index in [-0.39, 0.29) is 17.6 Å². The van der Waals surface area contributed by atoms with Gasteiger partial charge in [0.15, 0.2) is 5.03 Å². The van der Waals surface area contributed by atoms with E-state index in [0.29, 0.717) is 0 Å². The average Bonchev–Trinajstić information content (AvgIpc) is 3.08. The number of hydrogen-bond donors (Lipinski definition) is 2. The van der Waals surface area contributed by atoms with Gasteiger partial charge in [-0.15, -0.1) is 0 Å². The van der Waals surface area contributed by atoms with Crippen LogP contribution in [0.3, 0.4) is 0 Å². The van der Waals surface area contributed by atoms with Crippen molar-refractivity contribution < 1.29 is 8.42 Å². The van der Waals surface area contributed by atoms with Gasteiger partial charge < -0.3 is 9.88 Å². The molecule has 30 heavy (non-hydrogen) atoms. The summed E-state index contributed by atoms with van der Waals surface area (Å²) in [5, 5.41) is 4.41. The van der Waals surface area contributed by atoms with Gasteiger partial charge in [0, 0.05) is 30.9 Å². The first kappa shape index (κ1) is 21.1. The summed E-state index contributed by atoms with van der Waals surface area (Å²) >= 11 is 6.02. The van der Waals surface area contributed by atoms with Crippen LogP contribution in [-0.2, 0) is 36.5 Å². The maximum absolute atomic E-state index is 12.5. The highest BCUT2D eigenvalue weighted by molar-refractivity contribution is 7.89. The lowest BCUT2D eigenvalue weighted by atomic mass is 9.92. The Morgan fingerprint density at radius 3 is 2.70 bits per heavy atom. The molecule has 2 aromatic carbocycles. The lowest BCUT2D eigenvalue weighted by Crippen LogP contribution is -2.25. The molecule has 1 aliphatic heterocycles. The highest BCUT2D eigenvalue weighted by Gasteiger charge is 2.21. The molecule has 0 bridgehead atoms. The summed E-state index contributed by atoms with van der Waals surface area (Å²) < 4.78 is 29.2. The Kier molecular flexibility index (Phi) is 6.24. The van der Waals surface area contributed by atoms with Crippen molar-refractivity contribution in [3.63, 3.8) is 0 Å². The van der Waals surface area contributed by atoms with Crippen LogP contribution in [0.5, 0.6) is 0 Å². The molecule has 0 saturated carbocycles. The predicted octanol–water partition coefficient (Wildman–Crippen LogP) is 3.37. The largest absolute Gasteiger partial charge is 0.339 e. The van der Waals surface area contributed by atoms with Gasteiger partial charge >= 0.3 is 0 Å². The van der Waals surface area contributed by atoms with Crippen LogP contribution >= 0.6 is 11.6 Å². The van der Waals surface area contributed by atoms with Crippen molar-refractivity contribution in [1.29, 1.82) is 0 Å². The Balaban J connectivity index is 1.54. The third-order valence-corrected chi connectivity index (χ3v) is 6.91. The molecule has 2 heterocycles. The minimum Gasteiger partial charge on any atom is -0.339 e. The molecule has 8 heteroatoms. The molecule has 4 rings (SSSR count). The second-order valence-electron chi connectivity index (χ2n) is 7.68. The van der Waals surface area contributed by atoms with Gasteiger partial charge in [0.2, 0.25) is 0 Å². The van der Waals surface area contributed by atoms with E-state index in [4.69, 9.17) is 11.6 Å². The standard InChI is InChI=1S/C22H25ClN4O2S/c1-27-14-22(25-15-27)30(28,29)26-13-17-4-7-18-3-2-10-24-21(20(18)11-17)12-16-5-8-19(23)9-6-16/h4-9,11,14-15,21,24,26H,2-3,10,12-13H2,1H3. The lowest BCUT2D eigenvalue weighted by molar-refractivity contribution is 0.539. The van der Waals surface area contributed by atoms with Crippen molar-refractivity contribution in [2.75, 3.05) is 6.54 Å². The van der Waals surface area contributed by atoms with Crippen LogP contribution in [0.1, 0.15) is 34.7 Å². The van der Waals surface area contributed by atoms with Crippen molar-refractivity contribution in [3.8, 4) is 0 Å². The summed E-state index contributed by atoms with van der Waals surface area (Å²) in [6.07, 6.45) is 5.91. The lowest BCUT2D eigenvalue weighted by Gasteiger charge is -2.20. The topological polar surface area (TPSA) is 76.0 Å². The van der Waals surface area contributed by atoms with E-state index in [9.17, 15) is 8.42 Å². The fourth-order valence-corrected chi connectivity index (χ4v) is 4.91. The molecule has 3 aromatic rings. The monoisotopic (exact) mass is 444 g/mol. The van der Waals surface area contributed by atoms with Gasteiger partial charge in [-0.2, -0.15) is 0 Å². The molecule has 1 aromatic heterocycles. The maximum Gasteiger partial charge on any atom is 0.259 e. The highest BCUT2D eigenvalue weighted by Crippen LogP contribution is 2.27. The number of aryl methyl sites for hydroxylation is 2. The molecule has 0 fully saturated rings. The van der Waals surface area contributed by atoms with Gasteiger partial charge in [-0.1, -0.05) is 41.9 Å². The van der Waals surface area contributed by atoms with E-state index in [1.807, 2.05) is 18.2 Å². The zero-order valence-corrected chi connectivity index (χ0v) is 18.4. The van der Waals surface area contributed by atoms with Crippen molar-refractivity contribution >= 4 is 21.6 Å². The summed E-state index contributed by atoms with van der Waals surface area (Å²) in [6.45, 7) is 1.18. The van der Waals surface area contributed by atoms with Crippen LogP contribution in [0.25, 0.3) is 0 Å². The molecule has 6 nitrogen and oxygen atoms in total. The smallest absolute Gasteiger partial charge is 0.259 e. The molecular formula is C22H25ClN4O2S. The van der Waals surface area contributed by atoms with Crippen molar-refractivity contribution in [2.24, 2.45) is 7.05 Å². The van der Waals surface area contributed by atoms with Crippen LogP contribution in [0.15, 0.2) is 60.0 Å². The van der Waals surface area contributed by atoms with Crippen LogP contribution < -0.4 is 10.0 Å². The molecule has 1 unspecified atom stereocenters. The number of nitrogens with one attached hydrogen (secondary N) is 2. The Morgan fingerprint density at radius 2 is 1.97 bits per heavy atom. The van der Waals surface area contributed by atoms with Crippen molar-refractivity contribution in [3.05, 3.63) is 82.3 Å². The minimum atomic E-state index is -3.64. The van der Waals surface area contributed by atoms with Gasteiger partial charge in [-0.3, -0.25) is 0 Å². The first-order valence-electron chi connectivity index (χ1n) is 9.98. The van der Waals surface area contributed by atoms with E-state index in [2.05, 4.69) is 39.3 Å². The molecule has 0 spiro atoms. The second-order valence-corrected chi connectivity index (χ2v) is 9.83.